The van der Waals surface area contributed by atoms with E-state index in [0.29, 0.717) is 24.2 Å². The summed E-state index contributed by atoms with van der Waals surface area (Å²) in [4.78, 5) is 5.24. The molecule has 9 heteroatoms. The maximum absolute atomic E-state index is 3.81. The Bertz CT molecular complexity index is 662. The van der Waals surface area contributed by atoms with Crippen molar-refractivity contribution in [2.24, 2.45) is 0 Å². The Balaban J connectivity index is 0. The van der Waals surface area contributed by atoms with E-state index in [-0.39, 0.29) is 60.3 Å². The molecule has 0 amide bonds. The number of benzene rings is 2. The molecular weight excluding hydrogens is 485 g/mol. The summed E-state index contributed by atoms with van der Waals surface area (Å²) in [5.41, 5.74) is 2.24. The maximum atomic E-state index is 3.81. The summed E-state index contributed by atoms with van der Waals surface area (Å²) in [6.07, 6.45) is 0. The minimum atomic E-state index is 0. The third-order valence-corrected chi connectivity index (χ3v) is 5.49. The molecule has 2 rings (SSSR count). The summed E-state index contributed by atoms with van der Waals surface area (Å²) in [7, 11) is 0. The van der Waals surface area contributed by atoms with Gasteiger partial charge in [-0.25, -0.2) is 0 Å². The van der Waals surface area contributed by atoms with Crippen molar-refractivity contribution in [3.63, 3.8) is 0 Å². The van der Waals surface area contributed by atoms with Crippen molar-refractivity contribution in [1.29, 1.82) is 0 Å². The summed E-state index contributed by atoms with van der Waals surface area (Å²) in [5, 5.41) is 7.63. The number of hydrogen-bond donors (Lipinski definition) is 2. The van der Waals surface area contributed by atoms with Crippen molar-refractivity contribution in [3.05, 3.63) is 60.7 Å². The fraction of sp³-hybridized carbons (Fsp3) is 0.500. The first-order valence-electron chi connectivity index (χ1n) is 11.4. The first-order valence-corrected chi connectivity index (χ1v) is 11.4. The average Bonchev–Trinajstić information content (AvgIpc) is 2.67. The van der Waals surface area contributed by atoms with Gasteiger partial charge in [0.05, 0.1) is 0 Å². The Morgan fingerprint density at radius 2 is 0.818 bits per heavy atom. The smallest absolute Gasteiger partial charge is 1.00 e. The second-order valence-electron chi connectivity index (χ2n) is 9.18. The summed E-state index contributed by atoms with van der Waals surface area (Å²) >= 11 is 0. The Kier molecular flexibility index (Phi) is 17.7. The van der Waals surface area contributed by atoms with Crippen molar-refractivity contribution >= 4 is 25.1 Å². The Hall–Kier alpha value is -0.616. The predicted molar refractivity (Wildman–Crippen MR) is 136 cm³/mol. The molecule has 0 bridgehead atoms. The van der Waals surface area contributed by atoms with E-state index >= 15 is 0 Å². The average molecular weight is 525 g/mol. The third kappa shape index (κ3) is 10.3. The molecule has 0 aliphatic heterocycles. The summed E-state index contributed by atoms with van der Waals surface area (Å²) < 4.78 is 0. The first kappa shape index (κ1) is 34.6. The van der Waals surface area contributed by atoms with Gasteiger partial charge in [-0.05, 0) is 48.4 Å². The molecule has 0 aromatic heterocycles. The van der Waals surface area contributed by atoms with E-state index < -0.39 is 0 Å². The van der Waals surface area contributed by atoms with Crippen LogP contribution in [-0.2, 0) is 21.7 Å². The monoisotopic (exact) mass is 524 g/mol. The minimum absolute atomic E-state index is 0. The molecule has 180 valence electrons. The zero-order chi connectivity index (χ0) is 22.3. The van der Waals surface area contributed by atoms with E-state index in [9.17, 15) is 0 Å². The van der Waals surface area contributed by atoms with Crippen LogP contribution in [0.2, 0.25) is 0 Å². The van der Waals surface area contributed by atoms with E-state index in [4.69, 9.17) is 0 Å². The van der Waals surface area contributed by atoms with Gasteiger partial charge in [0, 0.05) is 11.4 Å². The number of nitrogens with one attached hydrogen (secondary N) is 2. The van der Waals surface area contributed by atoms with E-state index in [1.54, 1.807) is 0 Å². The molecule has 2 aromatic carbocycles. The first-order chi connectivity index (χ1) is 14.2. The summed E-state index contributed by atoms with van der Waals surface area (Å²) in [5.74, 6) is 0. The van der Waals surface area contributed by atoms with Crippen LogP contribution in [0.15, 0.2) is 60.7 Å². The molecule has 4 nitrogen and oxygen atoms in total. The van der Waals surface area contributed by atoms with Gasteiger partial charge in [0.1, 0.15) is 0 Å². The van der Waals surface area contributed by atoms with Gasteiger partial charge < -0.3 is 44.9 Å². The van der Waals surface area contributed by atoms with E-state index in [1.165, 1.54) is 0 Å². The molecule has 0 heterocycles. The van der Waals surface area contributed by atoms with Gasteiger partial charge in [0.2, 0.25) is 0 Å². The number of hydrogen-bond acceptors (Lipinski definition) is 4. The topological polar surface area (TPSA) is 30.5 Å². The zero-order valence-electron chi connectivity index (χ0n) is 21.4. The molecule has 0 saturated heterocycles. The van der Waals surface area contributed by atoms with Crippen molar-refractivity contribution in [1.82, 2.24) is 9.62 Å². The minimum Gasteiger partial charge on any atom is -1.00 e. The maximum Gasteiger partial charge on any atom is 2.00 e. The van der Waals surface area contributed by atoms with Gasteiger partial charge in [-0.1, -0.05) is 91.8 Å². The fourth-order valence-corrected chi connectivity index (χ4v) is 4.53. The third-order valence-electron chi connectivity index (χ3n) is 5.49. The van der Waals surface area contributed by atoms with Crippen molar-refractivity contribution < 1.29 is 46.5 Å². The Morgan fingerprint density at radius 3 is 1.06 bits per heavy atom. The molecular formula is C24H40B2Cl2N4Ti. The van der Waals surface area contributed by atoms with Crippen LogP contribution in [0, 0.1) is 0 Å². The zero-order valence-corrected chi connectivity index (χ0v) is 24.5. The van der Waals surface area contributed by atoms with Gasteiger partial charge in [-0.2, -0.15) is 0 Å². The summed E-state index contributed by atoms with van der Waals surface area (Å²) in [6.45, 7) is 18.6. The van der Waals surface area contributed by atoms with E-state index in [2.05, 4.69) is 136 Å². The van der Waals surface area contributed by atoms with Crippen LogP contribution in [0.5, 0.6) is 0 Å². The van der Waals surface area contributed by atoms with E-state index in [0.717, 1.165) is 11.4 Å². The van der Waals surface area contributed by atoms with Gasteiger partial charge in [0.25, 0.3) is 0 Å². The molecule has 33 heavy (non-hydrogen) atoms. The van der Waals surface area contributed by atoms with E-state index in [1.807, 2.05) is 0 Å². The molecule has 0 unspecified atom stereocenters. The summed E-state index contributed by atoms with van der Waals surface area (Å²) in [6, 6.07) is 22.7. The second-order valence-corrected chi connectivity index (χ2v) is 9.18. The van der Waals surface area contributed by atoms with Crippen LogP contribution in [0.4, 0.5) is 11.4 Å². The molecule has 0 radical (unpaired) electrons. The molecule has 0 atom stereocenters. The fourth-order valence-electron chi connectivity index (χ4n) is 4.53. The molecule has 2 N–H and O–H groups in total. The van der Waals surface area contributed by atoms with Crippen LogP contribution in [-0.4, -0.2) is 47.5 Å². The van der Waals surface area contributed by atoms with Crippen LogP contribution < -0.4 is 35.3 Å². The SMILES string of the molecule is CC(C)N(B(B(Nc1ccccc1)Nc1ccccc1)N(C(C)C)C(C)C)C(C)C.[Cl-].[Cl-].[Ti+2]. The van der Waals surface area contributed by atoms with Crippen LogP contribution in [0.1, 0.15) is 55.4 Å². The van der Waals surface area contributed by atoms with Gasteiger partial charge in [-0.15, -0.1) is 0 Å². The van der Waals surface area contributed by atoms with Crippen molar-refractivity contribution in [2.45, 2.75) is 79.6 Å². The molecule has 0 aliphatic rings. The Morgan fingerprint density at radius 1 is 0.545 bits per heavy atom. The molecule has 0 fully saturated rings. The standard InChI is InChI=1S/C24H40B2N4.2ClH.Ti/c1-19(2)29(20(3)4)26(30(21(5)6)22(7)8)25(27-23-15-11-9-12-16-23)28-24-17-13-10-14-18-24;;;/h9-22,27-28H,1-8H3;2*1H;/q;;;+2/p-2. The van der Waals surface area contributed by atoms with Gasteiger partial charge >= 0.3 is 35.5 Å². The quantitative estimate of drug-likeness (QED) is 0.389. The molecule has 0 aliphatic carbocycles. The molecule has 2 aromatic rings. The van der Waals surface area contributed by atoms with Crippen LogP contribution >= 0.6 is 0 Å². The van der Waals surface area contributed by atoms with Crippen molar-refractivity contribution in [3.8, 4) is 0 Å². The number of halogens is 2. The van der Waals surface area contributed by atoms with Gasteiger partial charge in [0.15, 0.2) is 0 Å². The predicted octanol–water partition coefficient (Wildman–Crippen LogP) is -0.491. The number of nitrogens with zero attached hydrogens (tertiary/aromatic N) is 2. The second kappa shape index (κ2) is 16.9. The Labute approximate surface area is 231 Å². The normalized spacial score (nSPS) is 10.7. The number of para-hydroxylation sites is 2. The number of rotatable bonds is 11. The number of anilines is 2. The molecule has 0 spiro atoms. The van der Waals surface area contributed by atoms with Crippen molar-refractivity contribution in [2.75, 3.05) is 10.5 Å². The largest absolute Gasteiger partial charge is 2.00 e. The van der Waals surface area contributed by atoms with Crippen LogP contribution in [0.3, 0.4) is 0 Å². The van der Waals surface area contributed by atoms with Gasteiger partial charge in [-0.3, -0.25) is 0 Å². The molecule has 0 saturated carbocycles. The van der Waals surface area contributed by atoms with Crippen LogP contribution in [0.25, 0.3) is 0 Å².